The van der Waals surface area contributed by atoms with Crippen molar-refractivity contribution in [3.05, 3.63) is 30.3 Å². The van der Waals surface area contributed by atoms with Crippen LogP contribution < -0.4 is 5.32 Å². The van der Waals surface area contributed by atoms with Crippen molar-refractivity contribution in [1.29, 1.82) is 0 Å². The first kappa shape index (κ1) is 20.3. The summed E-state index contributed by atoms with van der Waals surface area (Å²) in [5, 5.41) is 3.03. The van der Waals surface area contributed by atoms with Crippen LogP contribution in [0.25, 0.3) is 0 Å². The van der Waals surface area contributed by atoms with Gasteiger partial charge in [0.25, 0.3) is 0 Å². The van der Waals surface area contributed by atoms with Gasteiger partial charge in [-0.2, -0.15) is 0 Å². The zero-order valence-corrected chi connectivity index (χ0v) is 16.7. The third kappa shape index (κ3) is 5.30. The molecule has 0 bridgehead atoms. The fourth-order valence-electron chi connectivity index (χ4n) is 4.18. The molecule has 1 aromatic carbocycles. The van der Waals surface area contributed by atoms with Crippen molar-refractivity contribution < 1.29 is 17.9 Å². The van der Waals surface area contributed by atoms with Crippen molar-refractivity contribution in [2.75, 3.05) is 38.6 Å². The zero-order chi connectivity index (χ0) is 19.2. The molecule has 0 aromatic heterocycles. The summed E-state index contributed by atoms with van der Waals surface area (Å²) in [7, 11) is -3.42. The molecular formula is C20H30N2O4S. The Balaban J connectivity index is 1.55. The number of carbonyl (C=O) groups is 1. The van der Waals surface area contributed by atoms with Crippen molar-refractivity contribution >= 4 is 15.7 Å². The highest BCUT2D eigenvalue weighted by Crippen LogP contribution is 2.33. The molecule has 1 saturated carbocycles. The number of rotatable bonds is 7. The molecule has 1 heterocycles. The Labute approximate surface area is 162 Å². The van der Waals surface area contributed by atoms with Crippen LogP contribution >= 0.6 is 0 Å². The van der Waals surface area contributed by atoms with Gasteiger partial charge in [-0.1, -0.05) is 37.5 Å². The summed E-state index contributed by atoms with van der Waals surface area (Å²) in [5.41, 5.74) is -0.00397. The van der Waals surface area contributed by atoms with Crippen molar-refractivity contribution in [3.8, 4) is 0 Å². The van der Waals surface area contributed by atoms with Crippen molar-refractivity contribution in [2.45, 2.75) is 49.0 Å². The number of nitrogens with zero attached hydrogens (tertiary/aromatic N) is 1. The van der Waals surface area contributed by atoms with E-state index < -0.39 is 9.84 Å². The van der Waals surface area contributed by atoms with Crippen LogP contribution in [0, 0.1) is 0 Å². The Hall–Kier alpha value is -1.44. The van der Waals surface area contributed by atoms with E-state index in [9.17, 15) is 13.2 Å². The number of nitrogens with one attached hydrogen (secondary N) is 1. The average Bonchev–Trinajstić information content (AvgIpc) is 2.73. The molecular weight excluding hydrogens is 364 g/mol. The summed E-state index contributed by atoms with van der Waals surface area (Å²) in [6.07, 6.45) is 5.75. The van der Waals surface area contributed by atoms with E-state index in [0.29, 0.717) is 6.54 Å². The highest BCUT2D eigenvalue weighted by molar-refractivity contribution is 7.91. The minimum Gasteiger partial charge on any atom is -0.379 e. The largest absolute Gasteiger partial charge is 0.379 e. The van der Waals surface area contributed by atoms with Crippen LogP contribution in [0.4, 0.5) is 0 Å². The van der Waals surface area contributed by atoms with Crippen LogP contribution in [0.1, 0.15) is 38.5 Å². The Morgan fingerprint density at radius 1 is 1.07 bits per heavy atom. The molecule has 7 heteroatoms. The topological polar surface area (TPSA) is 75.7 Å². The summed E-state index contributed by atoms with van der Waals surface area (Å²) in [5.74, 6) is -0.347. The van der Waals surface area contributed by atoms with Crippen LogP contribution in [0.3, 0.4) is 0 Å². The van der Waals surface area contributed by atoms with Crippen molar-refractivity contribution in [1.82, 2.24) is 10.2 Å². The third-order valence-electron chi connectivity index (χ3n) is 5.78. The Morgan fingerprint density at radius 2 is 1.74 bits per heavy atom. The van der Waals surface area contributed by atoms with Crippen LogP contribution in [-0.2, 0) is 19.4 Å². The Bertz CT molecular complexity index is 709. The minimum atomic E-state index is -3.42. The van der Waals surface area contributed by atoms with Crippen molar-refractivity contribution in [3.63, 3.8) is 0 Å². The fourth-order valence-corrected chi connectivity index (χ4v) is 5.44. The molecule has 2 fully saturated rings. The molecule has 6 nitrogen and oxygen atoms in total. The van der Waals surface area contributed by atoms with Gasteiger partial charge < -0.3 is 10.1 Å². The predicted octanol–water partition coefficient (Wildman–Crippen LogP) is 2.00. The lowest BCUT2D eigenvalue weighted by atomic mass is 9.79. The monoisotopic (exact) mass is 394 g/mol. The molecule has 1 aromatic rings. The van der Waals surface area contributed by atoms with E-state index in [1.807, 2.05) is 0 Å². The fraction of sp³-hybridized carbons (Fsp3) is 0.650. The number of ether oxygens (including phenoxy) is 1. The lowest BCUT2D eigenvalue weighted by Gasteiger charge is -2.48. The molecule has 1 aliphatic heterocycles. The van der Waals surface area contributed by atoms with Gasteiger partial charge in [0.15, 0.2) is 9.84 Å². The van der Waals surface area contributed by atoms with Gasteiger partial charge in [0.1, 0.15) is 0 Å². The lowest BCUT2D eigenvalue weighted by molar-refractivity contribution is -0.122. The third-order valence-corrected chi connectivity index (χ3v) is 7.51. The normalized spacial score (nSPS) is 20.9. The molecule has 1 amide bonds. The molecule has 150 valence electrons. The highest BCUT2D eigenvalue weighted by Gasteiger charge is 2.38. The second-order valence-corrected chi connectivity index (χ2v) is 9.65. The second-order valence-electron chi connectivity index (χ2n) is 7.54. The van der Waals surface area contributed by atoms with Gasteiger partial charge in [0.05, 0.1) is 23.9 Å². The average molecular weight is 395 g/mol. The lowest BCUT2D eigenvalue weighted by Crippen LogP contribution is -2.59. The van der Waals surface area contributed by atoms with Gasteiger partial charge in [-0.15, -0.1) is 0 Å². The smallest absolute Gasteiger partial charge is 0.221 e. The van der Waals surface area contributed by atoms with Crippen LogP contribution in [0.5, 0.6) is 0 Å². The molecule has 0 atom stereocenters. The van der Waals surface area contributed by atoms with Gasteiger partial charge >= 0.3 is 0 Å². The number of benzene rings is 1. The number of hydrogen-bond acceptors (Lipinski definition) is 5. The van der Waals surface area contributed by atoms with Gasteiger partial charge in [0.2, 0.25) is 5.91 Å². The quantitative estimate of drug-likeness (QED) is 0.766. The van der Waals surface area contributed by atoms with E-state index in [1.165, 1.54) is 19.3 Å². The summed E-state index contributed by atoms with van der Waals surface area (Å²) < 4.78 is 30.2. The first-order valence-corrected chi connectivity index (χ1v) is 11.5. The summed E-state index contributed by atoms with van der Waals surface area (Å²) in [4.78, 5) is 15.1. The molecule has 1 aliphatic carbocycles. The molecule has 3 rings (SSSR count). The van der Waals surface area contributed by atoms with E-state index in [4.69, 9.17) is 4.74 Å². The number of hydrogen-bond donors (Lipinski definition) is 1. The molecule has 2 aliphatic rings. The first-order valence-electron chi connectivity index (χ1n) is 9.89. The van der Waals surface area contributed by atoms with E-state index in [-0.39, 0.29) is 28.5 Å². The van der Waals surface area contributed by atoms with Gasteiger partial charge in [-0.3, -0.25) is 9.69 Å². The maximum atomic E-state index is 12.4. The predicted molar refractivity (Wildman–Crippen MR) is 104 cm³/mol. The first-order chi connectivity index (χ1) is 13.0. The van der Waals surface area contributed by atoms with Crippen LogP contribution in [0.15, 0.2) is 35.2 Å². The number of sulfone groups is 1. The van der Waals surface area contributed by atoms with Crippen LogP contribution in [0.2, 0.25) is 0 Å². The Morgan fingerprint density at radius 3 is 2.41 bits per heavy atom. The van der Waals surface area contributed by atoms with Crippen LogP contribution in [-0.4, -0.2) is 63.4 Å². The van der Waals surface area contributed by atoms with Gasteiger partial charge in [-0.05, 0) is 25.0 Å². The molecule has 0 spiro atoms. The minimum absolute atomic E-state index is 0.00355. The molecule has 1 N–H and O–H groups in total. The second kappa shape index (κ2) is 9.17. The van der Waals surface area contributed by atoms with E-state index >= 15 is 0 Å². The summed E-state index contributed by atoms with van der Waals surface area (Å²) in [6.45, 7) is 3.88. The maximum Gasteiger partial charge on any atom is 0.221 e. The SMILES string of the molecule is O=C(CCS(=O)(=O)c1ccccc1)NCC1(N2CCOCC2)CCCCC1. The molecule has 27 heavy (non-hydrogen) atoms. The van der Waals surface area contributed by atoms with E-state index in [1.54, 1.807) is 30.3 Å². The maximum absolute atomic E-state index is 12.4. The molecule has 1 saturated heterocycles. The zero-order valence-electron chi connectivity index (χ0n) is 15.9. The molecule has 0 unspecified atom stereocenters. The summed E-state index contributed by atoms with van der Waals surface area (Å²) >= 11 is 0. The summed E-state index contributed by atoms with van der Waals surface area (Å²) in [6, 6.07) is 8.32. The van der Waals surface area contributed by atoms with Gasteiger partial charge in [-0.25, -0.2) is 8.42 Å². The standard InChI is InChI=1S/C20H30N2O4S/c23-19(9-16-27(24,25)18-7-3-1-4-8-18)21-17-20(10-5-2-6-11-20)22-12-14-26-15-13-22/h1,3-4,7-8H,2,5-6,9-17H2,(H,21,23). The number of carbonyl (C=O) groups excluding carboxylic acids is 1. The van der Waals surface area contributed by atoms with Gasteiger partial charge in [0, 0.05) is 31.6 Å². The molecule has 0 radical (unpaired) electrons. The van der Waals surface area contributed by atoms with Crippen molar-refractivity contribution in [2.24, 2.45) is 0 Å². The number of amides is 1. The van der Waals surface area contributed by atoms with E-state index in [0.717, 1.165) is 39.1 Å². The van der Waals surface area contributed by atoms with E-state index in [2.05, 4.69) is 10.2 Å². The Kier molecular flexibility index (Phi) is 6.89. The highest BCUT2D eigenvalue weighted by atomic mass is 32.2. The number of morpholine rings is 1.